The number of hydrogen-bond donors (Lipinski definition) is 1. The van der Waals surface area contributed by atoms with Crippen molar-refractivity contribution < 1.29 is 0 Å². The smallest absolute Gasteiger partial charge is 0.149 e. The van der Waals surface area contributed by atoms with E-state index in [1.807, 2.05) is 18.2 Å². The fourth-order valence-corrected chi connectivity index (χ4v) is 1.92. The van der Waals surface area contributed by atoms with E-state index in [4.69, 9.17) is 11.6 Å². The molecule has 0 unspecified atom stereocenters. The fourth-order valence-electron chi connectivity index (χ4n) is 1.77. The summed E-state index contributed by atoms with van der Waals surface area (Å²) in [7, 11) is 2.09. The molecule has 0 spiro atoms. The Kier molecular flexibility index (Phi) is 4.98. The molecule has 1 aromatic carbocycles. The first-order chi connectivity index (χ1) is 9.25. The van der Waals surface area contributed by atoms with Crippen molar-refractivity contribution in [2.45, 2.75) is 6.42 Å². The SMILES string of the molecule is CN(CCCNc1cncc(Cl)n1)c1ccccc1. The molecule has 0 bridgehead atoms. The van der Waals surface area contributed by atoms with Gasteiger partial charge < -0.3 is 10.2 Å². The van der Waals surface area contributed by atoms with E-state index in [9.17, 15) is 0 Å². The van der Waals surface area contributed by atoms with E-state index in [0.29, 0.717) is 5.15 Å². The quantitative estimate of drug-likeness (QED) is 0.824. The van der Waals surface area contributed by atoms with Crippen LogP contribution >= 0.6 is 11.6 Å². The van der Waals surface area contributed by atoms with Gasteiger partial charge in [0.1, 0.15) is 11.0 Å². The van der Waals surface area contributed by atoms with Crippen LogP contribution in [-0.2, 0) is 0 Å². The minimum atomic E-state index is 0.409. The molecule has 0 atom stereocenters. The van der Waals surface area contributed by atoms with E-state index in [0.717, 1.165) is 25.3 Å². The van der Waals surface area contributed by atoms with Crippen LogP contribution in [0.4, 0.5) is 11.5 Å². The van der Waals surface area contributed by atoms with Crippen LogP contribution in [-0.4, -0.2) is 30.1 Å². The highest BCUT2D eigenvalue weighted by Crippen LogP contribution is 2.11. The second kappa shape index (κ2) is 6.95. The fraction of sp³-hybridized carbons (Fsp3) is 0.286. The zero-order valence-corrected chi connectivity index (χ0v) is 11.6. The van der Waals surface area contributed by atoms with Gasteiger partial charge >= 0.3 is 0 Å². The van der Waals surface area contributed by atoms with Crippen LogP contribution in [0.3, 0.4) is 0 Å². The van der Waals surface area contributed by atoms with E-state index in [1.54, 1.807) is 6.20 Å². The maximum absolute atomic E-state index is 5.77. The summed E-state index contributed by atoms with van der Waals surface area (Å²) in [6.45, 7) is 1.82. The minimum absolute atomic E-state index is 0.409. The van der Waals surface area contributed by atoms with Gasteiger partial charge in [-0.1, -0.05) is 29.8 Å². The van der Waals surface area contributed by atoms with Gasteiger partial charge in [0, 0.05) is 25.8 Å². The number of nitrogens with one attached hydrogen (secondary N) is 1. The van der Waals surface area contributed by atoms with Crippen molar-refractivity contribution in [1.29, 1.82) is 0 Å². The van der Waals surface area contributed by atoms with Crippen molar-refractivity contribution in [3.8, 4) is 0 Å². The van der Waals surface area contributed by atoms with Crippen LogP contribution in [0.2, 0.25) is 5.15 Å². The number of rotatable bonds is 6. The monoisotopic (exact) mass is 276 g/mol. The molecular weight excluding hydrogens is 260 g/mol. The molecule has 5 heteroatoms. The molecule has 1 aromatic heterocycles. The highest BCUT2D eigenvalue weighted by atomic mass is 35.5. The lowest BCUT2D eigenvalue weighted by Gasteiger charge is -2.19. The van der Waals surface area contributed by atoms with Gasteiger partial charge in [-0.15, -0.1) is 0 Å². The molecule has 1 heterocycles. The molecule has 19 heavy (non-hydrogen) atoms. The third-order valence-electron chi connectivity index (χ3n) is 2.78. The number of aromatic nitrogens is 2. The van der Waals surface area contributed by atoms with Crippen molar-refractivity contribution in [3.63, 3.8) is 0 Å². The molecule has 100 valence electrons. The van der Waals surface area contributed by atoms with Gasteiger partial charge in [0.2, 0.25) is 0 Å². The molecular formula is C14H17ClN4. The predicted molar refractivity (Wildman–Crippen MR) is 79.9 cm³/mol. The van der Waals surface area contributed by atoms with Crippen molar-refractivity contribution in [3.05, 3.63) is 47.9 Å². The first-order valence-corrected chi connectivity index (χ1v) is 6.61. The van der Waals surface area contributed by atoms with Crippen molar-refractivity contribution >= 4 is 23.1 Å². The maximum atomic E-state index is 5.77. The van der Waals surface area contributed by atoms with E-state index in [-0.39, 0.29) is 0 Å². The molecule has 2 rings (SSSR count). The molecule has 0 radical (unpaired) electrons. The third-order valence-corrected chi connectivity index (χ3v) is 2.96. The van der Waals surface area contributed by atoms with E-state index >= 15 is 0 Å². The van der Waals surface area contributed by atoms with Gasteiger partial charge in [-0.05, 0) is 18.6 Å². The zero-order chi connectivity index (χ0) is 13.5. The Hall–Kier alpha value is -1.81. The largest absolute Gasteiger partial charge is 0.375 e. The second-order valence-corrected chi connectivity index (χ2v) is 4.65. The van der Waals surface area contributed by atoms with Crippen LogP contribution in [0.25, 0.3) is 0 Å². The summed E-state index contributed by atoms with van der Waals surface area (Å²) in [5.41, 5.74) is 1.23. The molecule has 0 aliphatic heterocycles. The molecule has 4 nitrogen and oxygen atoms in total. The average Bonchev–Trinajstić information content (AvgIpc) is 2.44. The summed E-state index contributed by atoms with van der Waals surface area (Å²) in [5.74, 6) is 0.717. The summed E-state index contributed by atoms with van der Waals surface area (Å²) in [6.07, 6.45) is 4.21. The van der Waals surface area contributed by atoms with Gasteiger partial charge in [-0.25, -0.2) is 4.98 Å². The van der Waals surface area contributed by atoms with Gasteiger partial charge in [0.05, 0.1) is 12.4 Å². The summed E-state index contributed by atoms with van der Waals surface area (Å²) in [4.78, 5) is 10.3. The lowest BCUT2D eigenvalue weighted by Crippen LogP contribution is -2.20. The zero-order valence-electron chi connectivity index (χ0n) is 10.9. The molecule has 0 aliphatic carbocycles. The molecule has 0 amide bonds. The third kappa shape index (κ3) is 4.41. The van der Waals surface area contributed by atoms with Crippen molar-refractivity contribution in [2.24, 2.45) is 0 Å². The van der Waals surface area contributed by atoms with Crippen LogP contribution in [0.1, 0.15) is 6.42 Å². The number of nitrogens with zero attached hydrogens (tertiary/aromatic N) is 3. The second-order valence-electron chi connectivity index (χ2n) is 4.26. The minimum Gasteiger partial charge on any atom is -0.375 e. The van der Waals surface area contributed by atoms with Crippen LogP contribution in [0.5, 0.6) is 0 Å². The first kappa shape index (κ1) is 13.6. The maximum Gasteiger partial charge on any atom is 0.149 e. The summed E-state index contributed by atoms with van der Waals surface area (Å²) in [6, 6.07) is 10.3. The van der Waals surface area contributed by atoms with E-state index < -0.39 is 0 Å². The normalized spacial score (nSPS) is 10.2. The van der Waals surface area contributed by atoms with Gasteiger partial charge in [0.25, 0.3) is 0 Å². The lowest BCUT2D eigenvalue weighted by atomic mass is 10.3. The van der Waals surface area contributed by atoms with Crippen molar-refractivity contribution in [2.75, 3.05) is 30.4 Å². The predicted octanol–water partition coefficient (Wildman–Crippen LogP) is 3.07. The highest BCUT2D eigenvalue weighted by molar-refractivity contribution is 6.29. The number of benzene rings is 1. The Morgan fingerprint density at radius 1 is 1.21 bits per heavy atom. The Labute approximate surface area is 118 Å². The van der Waals surface area contributed by atoms with Crippen molar-refractivity contribution in [1.82, 2.24) is 9.97 Å². The number of para-hydroxylation sites is 1. The molecule has 2 aromatic rings. The van der Waals surface area contributed by atoms with Crippen LogP contribution in [0, 0.1) is 0 Å². The van der Waals surface area contributed by atoms with Gasteiger partial charge in [0.15, 0.2) is 0 Å². The summed E-state index contributed by atoms with van der Waals surface area (Å²) < 4.78 is 0. The number of anilines is 2. The topological polar surface area (TPSA) is 41.0 Å². The van der Waals surface area contributed by atoms with Gasteiger partial charge in [-0.2, -0.15) is 0 Å². The number of hydrogen-bond acceptors (Lipinski definition) is 4. The average molecular weight is 277 g/mol. The van der Waals surface area contributed by atoms with E-state index in [1.165, 1.54) is 11.9 Å². The summed E-state index contributed by atoms with van der Waals surface area (Å²) >= 11 is 5.77. The highest BCUT2D eigenvalue weighted by Gasteiger charge is 2.00. The number of halogens is 1. The standard InChI is InChI=1S/C14H17ClN4/c1-19(12-6-3-2-4-7-12)9-5-8-17-14-11-16-10-13(15)18-14/h2-4,6-7,10-11H,5,8-9H2,1H3,(H,17,18). The Morgan fingerprint density at radius 2 is 2.00 bits per heavy atom. The van der Waals surface area contributed by atoms with Gasteiger partial charge in [-0.3, -0.25) is 4.98 Å². The summed E-state index contributed by atoms with van der Waals surface area (Å²) in [5, 5.41) is 3.62. The van der Waals surface area contributed by atoms with E-state index in [2.05, 4.69) is 39.4 Å². The molecule has 0 saturated heterocycles. The van der Waals surface area contributed by atoms with Crippen LogP contribution < -0.4 is 10.2 Å². The molecule has 1 N–H and O–H groups in total. The molecule has 0 aliphatic rings. The molecule has 0 fully saturated rings. The molecule has 0 saturated carbocycles. The Balaban J connectivity index is 1.72. The lowest BCUT2D eigenvalue weighted by molar-refractivity contribution is 0.813. The Bertz CT molecular complexity index is 504. The van der Waals surface area contributed by atoms with Crippen LogP contribution in [0.15, 0.2) is 42.7 Å². The first-order valence-electron chi connectivity index (χ1n) is 6.23. The Morgan fingerprint density at radius 3 is 2.74 bits per heavy atom.